The fourth-order valence-electron chi connectivity index (χ4n) is 0.505. The van der Waals surface area contributed by atoms with Crippen LogP contribution in [0.25, 0.3) is 0 Å². The molecule has 86 valence electrons. The number of aromatic nitrogens is 1. The van der Waals surface area contributed by atoms with Crippen molar-refractivity contribution in [3.05, 3.63) is 49.2 Å². The van der Waals surface area contributed by atoms with Gasteiger partial charge >= 0.3 is 0 Å². The number of H-pyrrole nitrogens is 1. The Labute approximate surface area is 104 Å². The lowest BCUT2D eigenvalue weighted by Gasteiger charge is -1.50. The summed E-state index contributed by atoms with van der Waals surface area (Å²) in [6.07, 6.45) is 8.17. The molecule has 0 amide bonds. The average molecular weight is 245 g/mol. The molecule has 0 bridgehead atoms. The fraction of sp³-hybridized carbons (Fsp3) is 0.200. The van der Waals surface area contributed by atoms with E-state index >= 15 is 0 Å². The van der Waals surface area contributed by atoms with Gasteiger partial charge < -0.3 is 14.9 Å². The van der Waals surface area contributed by atoms with Gasteiger partial charge in [0.1, 0.15) is 0 Å². The Bertz CT molecular complexity index is 175. The van der Waals surface area contributed by atoms with E-state index in [1.165, 1.54) is 6.16 Å². The van der Waals surface area contributed by atoms with Crippen LogP contribution in [0.4, 0.5) is 0 Å². The Morgan fingerprint density at radius 1 is 1.07 bits per heavy atom. The molecule has 0 fully saturated rings. The van der Waals surface area contributed by atoms with Crippen molar-refractivity contribution >= 4 is 26.6 Å². The highest BCUT2D eigenvalue weighted by Gasteiger charge is 1.59. The highest BCUT2D eigenvalue weighted by atomic mass is 31.0. The van der Waals surface area contributed by atoms with Gasteiger partial charge in [-0.05, 0) is 30.4 Å². The third kappa shape index (κ3) is 19.8. The molecule has 2 heterocycles. The maximum absolute atomic E-state index is 4.58. The van der Waals surface area contributed by atoms with Crippen molar-refractivity contribution < 1.29 is 9.89 Å². The minimum Gasteiger partial charge on any atom is -0.473 e. The third-order valence-electron chi connectivity index (χ3n) is 0.921. The van der Waals surface area contributed by atoms with Gasteiger partial charge in [-0.1, -0.05) is 6.92 Å². The summed E-state index contributed by atoms with van der Waals surface area (Å²) in [5.74, 6) is 0. The van der Waals surface area contributed by atoms with Gasteiger partial charge in [-0.3, -0.25) is 0 Å². The number of nitrogens with one attached hydrogen (secondary N) is 1. The van der Waals surface area contributed by atoms with Crippen molar-refractivity contribution in [2.24, 2.45) is 0 Å². The molecule has 2 aromatic rings. The molecule has 0 saturated heterocycles. The van der Waals surface area contributed by atoms with E-state index in [1.54, 1.807) is 12.5 Å². The second-order valence-electron chi connectivity index (χ2n) is 2.09. The number of rotatable bonds is 0. The summed E-state index contributed by atoms with van der Waals surface area (Å²) >= 11 is 0. The maximum Gasteiger partial charge on any atom is 0.187 e. The van der Waals surface area contributed by atoms with Gasteiger partial charge in [0.2, 0.25) is 0 Å². The smallest absolute Gasteiger partial charge is 0.187 e. The van der Waals surface area contributed by atoms with Gasteiger partial charge in [0.15, 0.2) is 17.4 Å². The topological polar surface area (TPSA) is 60.4 Å². The molecular weight excluding hydrogens is 224 g/mol. The molecule has 0 aliphatic heterocycles. The number of hydrogen-bond acceptors (Lipinski definition) is 1. The summed E-state index contributed by atoms with van der Waals surface area (Å²) in [4.78, 5) is 2.86. The van der Waals surface area contributed by atoms with Gasteiger partial charge in [-0.2, -0.15) is 0 Å². The van der Waals surface area contributed by atoms with Crippen molar-refractivity contribution in [3.63, 3.8) is 0 Å². The Kier molecular flexibility index (Phi) is 25.4. The molecule has 15 heavy (non-hydrogen) atoms. The van der Waals surface area contributed by atoms with Crippen LogP contribution in [0.5, 0.6) is 0 Å². The molecule has 3 N–H and O–H groups in total. The van der Waals surface area contributed by atoms with Crippen LogP contribution in [0.1, 0.15) is 6.92 Å². The highest BCUT2D eigenvalue weighted by molar-refractivity contribution is 7.16. The van der Waals surface area contributed by atoms with Crippen LogP contribution in [0, 0.1) is 0 Å². The van der Waals surface area contributed by atoms with Crippen molar-refractivity contribution in [2.45, 2.75) is 6.92 Å². The van der Waals surface area contributed by atoms with Crippen molar-refractivity contribution in [1.29, 1.82) is 0 Å². The maximum atomic E-state index is 4.58. The molecule has 0 aliphatic rings. The molecular formula is C10H21AlNO2P. The Morgan fingerprint density at radius 2 is 1.47 bits per heavy atom. The van der Waals surface area contributed by atoms with Crippen LogP contribution >= 0.6 is 9.24 Å². The lowest BCUT2D eigenvalue weighted by molar-refractivity contribution is 0.567. The Balaban J connectivity index is -0.000000140. The molecule has 0 aromatic carbocycles. The van der Waals surface area contributed by atoms with Gasteiger partial charge in [-0.25, -0.2) is 0 Å². The first-order valence-corrected chi connectivity index (χ1v) is 4.98. The monoisotopic (exact) mass is 245 g/mol. The average Bonchev–Trinajstić information content (AvgIpc) is 2.85. The zero-order valence-corrected chi connectivity index (χ0v) is 9.47. The lowest BCUT2D eigenvalue weighted by atomic mass is 10.7. The summed E-state index contributed by atoms with van der Waals surface area (Å²) in [5.41, 5.74) is 0. The second-order valence-corrected chi connectivity index (χ2v) is 2.90. The van der Waals surface area contributed by atoms with E-state index < -0.39 is 0 Å². The first-order chi connectivity index (χ1) is 6.41. The van der Waals surface area contributed by atoms with Crippen LogP contribution in [-0.2, 0) is 0 Å². The van der Waals surface area contributed by atoms with E-state index in [0.29, 0.717) is 0 Å². The quantitative estimate of drug-likeness (QED) is 0.549. The van der Waals surface area contributed by atoms with E-state index in [-0.39, 0.29) is 22.8 Å². The van der Waals surface area contributed by atoms with Crippen molar-refractivity contribution in [1.82, 2.24) is 4.98 Å². The molecule has 1 atom stereocenters. The predicted octanol–water partition coefficient (Wildman–Crippen LogP) is 1.17. The van der Waals surface area contributed by atoms with E-state index in [0.717, 1.165) is 0 Å². The summed E-state index contributed by atoms with van der Waals surface area (Å²) in [6, 6.07) is 7.56. The SMILES string of the molecule is CCP.O.[AlH3].c1cc[nH]c1.c1ccoc1. The molecule has 0 aliphatic carbocycles. The van der Waals surface area contributed by atoms with Crippen molar-refractivity contribution in [3.8, 4) is 0 Å². The molecule has 1 unspecified atom stereocenters. The predicted molar refractivity (Wildman–Crippen MR) is 73.3 cm³/mol. The van der Waals surface area contributed by atoms with Crippen LogP contribution in [0.15, 0.2) is 53.6 Å². The minimum absolute atomic E-state index is 0. The van der Waals surface area contributed by atoms with E-state index in [2.05, 4.69) is 25.6 Å². The summed E-state index contributed by atoms with van der Waals surface area (Å²) < 4.78 is 4.58. The molecule has 0 spiro atoms. The van der Waals surface area contributed by atoms with Crippen LogP contribution in [0.2, 0.25) is 0 Å². The highest BCUT2D eigenvalue weighted by Crippen LogP contribution is 1.79. The van der Waals surface area contributed by atoms with E-state index in [4.69, 9.17) is 0 Å². The van der Waals surface area contributed by atoms with Gasteiger partial charge in [0.25, 0.3) is 0 Å². The Hall–Kier alpha value is -0.518. The van der Waals surface area contributed by atoms with Crippen LogP contribution in [0.3, 0.4) is 0 Å². The van der Waals surface area contributed by atoms with E-state index in [9.17, 15) is 0 Å². The van der Waals surface area contributed by atoms with Crippen LogP contribution in [-0.4, -0.2) is 34.0 Å². The molecule has 5 heteroatoms. The van der Waals surface area contributed by atoms with E-state index in [1.807, 2.05) is 36.7 Å². The lowest BCUT2D eigenvalue weighted by Crippen LogP contribution is -1.38. The number of furan rings is 1. The normalized spacial score (nSPS) is 6.53. The molecule has 2 rings (SSSR count). The van der Waals surface area contributed by atoms with Gasteiger partial charge in [-0.15, -0.1) is 9.24 Å². The van der Waals surface area contributed by atoms with Crippen molar-refractivity contribution in [2.75, 3.05) is 6.16 Å². The largest absolute Gasteiger partial charge is 0.473 e. The van der Waals surface area contributed by atoms with Crippen LogP contribution < -0.4 is 0 Å². The van der Waals surface area contributed by atoms with Gasteiger partial charge in [0.05, 0.1) is 12.5 Å². The molecule has 0 saturated carbocycles. The summed E-state index contributed by atoms with van der Waals surface area (Å²) in [6.45, 7) is 2.09. The zero-order chi connectivity index (χ0) is 9.78. The summed E-state index contributed by atoms with van der Waals surface area (Å²) in [7, 11) is 2.58. The zero-order valence-electron chi connectivity index (χ0n) is 8.31. The molecule has 2 aromatic heterocycles. The first-order valence-electron chi connectivity index (χ1n) is 4.16. The molecule has 3 nitrogen and oxygen atoms in total. The molecule has 0 radical (unpaired) electrons. The van der Waals surface area contributed by atoms with Gasteiger partial charge in [0, 0.05) is 12.4 Å². The number of aromatic amines is 1. The second kappa shape index (κ2) is 19.1. The third-order valence-corrected chi connectivity index (χ3v) is 0.921. The first kappa shape index (κ1) is 20.0. The fourth-order valence-corrected chi connectivity index (χ4v) is 0.505. The standard InChI is InChI=1S/C4H5N.C4H4O.C2H7P.Al.H2O.3H/c2*1-2-4-5-3-1;1-2-3;;;;;/h1-5H;1-4H;2-3H2,1H3;;1H2;;;. The minimum atomic E-state index is 0. The number of hydrogen-bond donors (Lipinski definition) is 1. The summed E-state index contributed by atoms with van der Waals surface area (Å²) in [5, 5.41) is 0. The Morgan fingerprint density at radius 3 is 1.60 bits per heavy atom.